The zero-order valence-electron chi connectivity index (χ0n) is 10.5. The van der Waals surface area contributed by atoms with Gasteiger partial charge in [-0.05, 0) is 11.6 Å². The van der Waals surface area contributed by atoms with Gasteiger partial charge in [0.25, 0.3) is 0 Å². The third-order valence-electron chi connectivity index (χ3n) is 2.70. The number of nitrogen functional groups attached to an aromatic ring is 1. The van der Waals surface area contributed by atoms with E-state index in [1.807, 2.05) is 35.1 Å². The van der Waals surface area contributed by atoms with Gasteiger partial charge in [0.05, 0.1) is 25.0 Å². The van der Waals surface area contributed by atoms with Crippen molar-refractivity contribution in [3.05, 3.63) is 42.2 Å². The number of rotatable bonds is 6. The number of nitrogens with one attached hydrogen (secondary N) is 1. The van der Waals surface area contributed by atoms with Gasteiger partial charge < -0.3 is 15.8 Å². The minimum absolute atomic E-state index is 0.659. The maximum Gasteiger partial charge on any atom is 0.0729 e. The summed E-state index contributed by atoms with van der Waals surface area (Å²) in [4.78, 5) is 0. The molecule has 0 unspecified atom stereocenters. The summed E-state index contributed by atoms with van der Waals surface area (Å²) in [6.45, 7) is 2.11. The Labute approximate surface area is 107 Å². The number of methoxy groups -OCH3 is 1. The van der Waals surface area contributed by atoms with Gasteiger partial charge in [0.15, 0.2) is 0 Å². The zero-order chi connectivity index (χ0) is 12.8. The first-order chi connectivity index (χ1) is 8.79. The Bertz CT molecular complexity index is 495. The number of hydrogen-bond acceptors (Lipinski definition) is 4. The van der Waals surface area contributed by atoms with E-state index in [0.29, 0.717) is 13.2 Å². The molecule has 0 saturated carbocycles. The fourth-order valence-corrected chi connectivity index (χ4v) is 1.65. The molecule has 0 aliphatic carbocycles. The van der Waals surface area contributed by atoms with Gasteiger partial charge in [-0.25, -0.2) is 0 Å². The Balaban J connectivity index is 1.90. The van der Waals surface area contributed by atoms with Crippen LogP contribution in [0.5, 0.6) is 0 Å². The summed E-state index contributed by atoms with van der Waals surface area (Å²) in [7, 11) is 1.68. The maximum atomic E-state index is 5.88. The Hall–Kier alpha value is -2.01. The summed E-state index contributed by atoms with van der Waals surface area (Å²) in [5, 5.41) is 7.53. The van der Waals surface area contributed by atoms with Crippen LogP contribution in [0.3, 0.4) is 0 Å². The molecule has 2 aromatic rings. The Morgan fingerprint density at radius 2 is 2.22 bits per heavy atom. The molecule has 0 saturated heterocycles. The maximum absolute atomic E-state index is 5.88. The van der Waals surface area contributed by atoms with Gasteiger partial charge in [-0.3, -0.25) is 4.68 Å². The minimum Gasteiger partial charge on any atom is -0.398 e. The lowest BCUT2D eigenvalue weighted by atomic mass is 10.2. The summed E-state index contributed by atoms with van der Waals surface area (Å²) >= 11 is 0. The Morgan fingerprint density at radius 3 is 3.00 bits per heavy atom. The van der Waals surface area contributed by atoms with E-state index in [9.17, 15) is 0 Å². The second-order valence-corrected chi connectivity index (χ2v) is 4.04. The molecule has 0 spiro atoms. The first-order valence-electron chi connectivity index (χ1n) is 5.88. The molecule has 0 atom stereocenters. The number of hydrogen-bond donors (Lipinski definition) is 2. The van der Waals surface area contributed by atoms with Crippen LogP contribution in [0.1, 0.15) is 5.56 Å². The second-order valence-electron chi connectivity index (χ2n) is 4.04. The van der Waals surface area contributed by atoms with E-state index in [1.54, 1.807) is 13.3 Å². The van der Waals surface area contributed by atoms with Crippen molar-refractivity contribution in [3.63, 3.8) is 0 Å². The quantitative estimate of drug-likeness (QED) is 0.762. The van der Waals surface area contributed by atoms with Crippen LogP contribution >= 0.6 is 0 Å². The molecule has 0 bridgehead atoms. The lowest BCUT2D eigenvalue weighted by molar-refractivity contribution is 0.183. The van der Waals surface area contributed by atoms with E-state index in [1.165, 1.54) is 0 Å². The fraction of sp³-hybridized carbons (Fsp3) is 0.308. The molecule has 0 aliphatic rings. The van der Waals surface area contributed by atoms with Crippen LogP contribution in [0.4, 0.5) is 11.4 Å². The van der Waals surface area contributed by atoms with Crippen molar-refractivity contribution in [1.82, 2.24) is 9.78 Å². The molecule has 18 heavy (non-hydrogen) atoms. The predicted molar refractivity (Wildman–Crippen MR) is 72.3 cm³/mol. The van der Waals surface area contributed by atoms with E-state index in [4.69, 9.17) is 10.5 Å². The highest BCUT2D eigenvalue weighted by atomic mass is 16.5. The van der Waals surface area contributed by atoms with Gasteiger partial charge in [-0.2, -0.15) is 5.10 Å². The average molecular weight is 246 g/mol. The highest BCUT2D eigenvalue weighted by Crippen LogP contribution is 2.13. The summed E-state index contributed by atoms with van der Waals surface area (Å²) in [5.74, 6) is 0. The molecule has 1 aromatic carbocycles. The topological polar surface area (TPSA) is 65.1 Å². The van der Waals surface area contributed by atoms with Crippen LogP contribution < -0.4 is 11.1 Å². The molecule has 5 heteroatoms. The van der Waals surface area contributed by atoms with E-state index >= 15 is 0 Å². The molecule has 0 aliphatic heterocycles. The normalized spacial score (nSPS) is 10.5. The van der Waals surface area contributed by atoms with Crippen molar-refractivity contribution in [2.75, 3.05) is 24.8 Å². The Kier molecular flexibility index (Phi) is 4.20. The molecular weight excluding hydrogens is 228 g/mol. The van der Waals surface area contributed by atoms with Gasteiger partial charge in [-0.15, -0.1) is 0 Å². The van der Waals surface area contributed by atoms with E-state index in [2.05, 4.69) is 10.4 Å². The third kappa shape index (κ3) is 3.24. The van der Waals surface area contributed by atoms with Crippen LogP contribution in [-0.4, -0.2) is 23.5 Å². The SMILES string of the molecule is COCCn1cc(NCc2ccccc2N)cn1. The van der Waals surface area contributed by atoms with E-state index in [-0.39, 0.29) is 0 Å². The summed E-state index contributed by atoms with van der Waals surface area (Å²) in [6.07, 6.45) is 3.76. The molecular formula is C13H18N4O. The zero-order valence-corrected chi connectivity index (χ0v) is 10.5. The van der Waals surface area contributed by atoms with Gasteiger partial charge in [0.2, 0.25) is 0 Å². The fourth-order valence-electron chi connectivity index (χ4n) is 1.65. The Morgan fingerprint density at radius 1 is 1.39 bits per heavy atom. The van der Waals surface area contributed by atoms with Crippen molar-refractivity contribution in [2.45, 2.75) is 13.1 Å². The molecule has 0 radical (unpaired) electrons. The minimum atomic E-state index is 0.659. The lowest BCUT2D eigenvalue weighted by Gasteiger charge is -2.06. The largest absolute Gasteiger partial charge is 0.398 e. The van der Waals surface area contributed by atoms with E-state index in [0.717, 1.165) is 23.5 Å². The number of benzene rings is 1. The number of aromatic nitrogens is 2. The van der Waals surface area contributed by atoms with Crippen molar-refractivity contribution >= 4 is 11.4 Å². The standard InChI is InChI=1S/C13H18N4O/c1-18-7-6-17-10-12(9-16-17)15-8-11-4-2-3-5-13(11)14/h2-5,9-10,15H,6-8,14H2,1H3. The predicted octanol–water partition coefficient (Wildman–Crippen LogP) is 1.72. The highest BCUT2D eigenvalue weighted by Gasteiger charge is 2.00. The van der Waals surface area contributed by atoms with Crippen LogP contribution in [-0.2, 0) is 17.8 Å². The van der Waals surface area contributed by atoms with Gasteiger partial charge in [0.1, 0.15) is 0 Å². The summed E-state index contributed by atoms with van der Waals surface area (Å²) < 4.78 is 6.85. The van der Waals surface area contributed by atoms with Gasteiger partial charge in [0, 0.05) is 25.5 Å². The number of ether oxygens (including phenoxy) is 1. The van der Waals surface area contributed by atoms with Crippen LogP contribution in [0.15, 0.2) is 36.7 Å². The summed E-state index contributed by atoms with van der Waals surface area (Å²) in [6, 6.07) is 7.83. The summed E-state index contributed by atoms with van der Waals surface area (Å²) in [5.41, 5.74) is 8.75. The van der Waals surface area contributed by atoms with Gasteiger partial charge in [-0.1, -0.05) is 18.2 Å². The van der Waals surface area contributed by atoms with Crippen molar-refractivity contribution in [2.24, 2.45) is 0 Å². The van der Waals surface area contributed by atoms with Crippen LogP contribution in [0.2, 0.25) is 0 Å². The van der Waals surface area contributed by atoms with E-state index < -0.39 is 0 Å². The van der Waals surface area contributed by atoms with Crippen molar-refractivity contribution in [3.8, 4) is 0 Å². The monoisotopic (exact) mass is 246 g/mol. The van der Waals surface area contributed by atoms with Crippen LogP contribution in [0, 0.1) is 0 Å². The molecule has 1 heterocycles. The highest BCUT2D eigenvalue weighted by molar-refractivity contribution is 5.49. The van der Waals surface area contributed by atoms with Gasteiger partial charge >= 0.3 is 0 Å². The smallest absolute Gasteiger partial charge is 0.0729 e. The molecule has 2 rings (SSSR count). The number of anilines is 2. The number of nitrogens with zero attached hydrogens (tertiary/aromatic N) is 2. The third-order valence-corrected chi connectivity index (χ3v) is 2.70. The number of para-hydroxylation sites is 1. The molecule has 3 N–H and O–H groups in total. The molecule has 0 fully saturated rings. The molecule has 96 valence electrons. The number of nitrogens with two attached hydrogens (primary N) is 1. The molecule has 1 aromatic heterocycles. The van der Waals surface area contributed by atoms with Crippen molar-refractivity contribution in [1.29, 1.82) is 0 Å². The first-order valence-corrected chi connectivity index (χ1v) is 5.88. The first kappa shape index (κ1) is 12.4. The second kappa shape index (κ2) is 6.07. The average Bonchev–Trinajstić information content (AvgIpc) is 2.83. The van der Waals surface area contributed by atoms with Crippen molar-refractivity contribution < 1.29 is 4.74 Å². The lowest BCUT2D eigenvalue weighted by Crippen LogP contribution is -2.04. The van der Waals surface area contributed by atoms with Crippen LogP contribution in [0.25, 0.3) is 0 Å². The molecule has 5 nitrogen and oxygen atoms in total. The molecule has 0 amide bonds.